The summed E-state index contributed by atoms with van der Waals surface area (Å²) < 4.78 is 5.73. The molecule has 1 aliphatic heterocycles. The zero-order valence-corrected chi connectivity index (χ0v) is 14.5. The van der Waals surface area contributed by atoms with E-state index in [1.807, 2.05) is 48.5 Å². The molecule has 0 aliphatic carbocycles. The Morgan fingerprint density at radius 3 is 2.54 bits per heavy atom. The second-order valence-electron chi connectivity index (χ2n) is 6.46. The van der Waals surface area contributed by atoms with E-state index in [9.17, 15) is 4.79 Å². The number of carbonyl (C=O) groups is 1. The van der Waals surface area contributed by atoms with E-state index in [0.717, 1.165) is 25.1 Å². The van der Waals surface area contributed by atoms with Crippen LogP contribution < -0.4 is 5.32 Å². The summed E-state index contributed by atoms with van der Waals surface area (Å²) in [6, 6.07) is 20.0. The maximum absolute atomic E-state index is 12.5. The minimum Gasteiger partial charge on any atom is -0.439 e. The van der Waals surface area contributed by atoms with Crippen molar-refractivity contribution in [3.8, 4) is 11.3 Å². The van der Waals surface area contributed by atoms with Gasteiger partial charge in [0.05, 0.1) is 18.8 Å². The van der Waals surface area contributed by atoms with Crippen LogP contribution in [0, 0.1) is 0 Å². The number of amides is 1. The molecule has 5 heteroatoms. The van der Waals surface area contributed by atoms with E-state index in [1.165, 1.54) is 5.56 Å². The number of likely N-dealkylation sites (tertiary alicyclic amines) is 1. The summed E-state index contributed by atoms with van der Waals surface area (Å²) in [4.78, 5) is 18.9. The topological polar surface area (TPSA) is 58.4 Å². The molecule has 1 atom stereocenters. The third kappa shape index (κ3) is 3.68. The zero-order valence-electron chi connectivity index (χ0n) is 14.5. The highest BCUT2D eigenvalue weighted by Gasteiger charge is 2.33. The van der Waals surface area contributed by atoms with Crippen LogP contribution >= 0.6 is 0 Å². The summed E-state index contributed by atoms with van der Waals surface area (Å²) in [7, 11) is 0. The van der Waals surface area contributed by atoms with Crippen LogP contribution in [0.5, 0.6) is 0 Å². The number of carbonyl (C=O) groups excluding carboxylic acids is 1. The van der Waals surface area contributed by atoms with E-state index in [-0.39, 0.29) is 11.9 Å². The number of benzene rings is 2. The van der Waals surface area contributed by atoms with Gasteiger partial charge >= 0.3 is 0 Å². The van der Waals surface area contributed by atoms with Crippen molar-refractivity contribution >= 4 is 5.91 Å². The normalized spacial score (nSPS) is 16.8. The maximum atomic E-state index is 12.5. The van der Waals surface area contributed by atoms with Crippen molar-refractivity contribution in [2.75, 3.05) is 6.54 Å². The van der Waals surface area contributed by atoms with Gasteiger partial charge in [0.15, 0.2) is 5.76 Å². The van der Waals surface area contributed by atoms with E-state index >= 15 is 0 Å². The molecule has 132 valence electrons. The third-order valence-electron chi connectivity index (χ3n) is 4.69. The first-order valence-electron chi connectivity index (χ1n) is 8.85. The molecule has 4 rings (SSSR count). The minimum absolute atomic E-state index is 0.0339. The van der Waals surface area contributed by atoms with Crippen LogP contribution in [-0.2, 0) is 17.9 Å². The molecule has 5 nitrogen and oxygen atoms in total. The van der Waals surface area contributed by atoms with Gasteiger partial charge in [0, 0.05) is 18.7 Å². The summed E-state index contributed by atoms with van der Waals surface area (Å²) in [5, 5.41) is 2.94. The number of aromatic nitrogens is 1. The smallest absolute Gasteiger partial charge is 0.237 e. The molecule has 2 heterocycles. The average molecular weight is 347 g/mol. The van der Waals surface area contributed by atoms with E-state index in [0.29, 0.717) is 18.2 Å². The molecule has 0 saturated carbocycles. The number of nitrogens with zero attached hydrogens (tertiary/aromatic N) is 2. The van der Waals surface area contributed by atoms with Crippen LogP contribution in [-0.4, -0.2) is 28.4 Å². The number of nitrogens with one attached hydrogen (secondary N) is 1. The summed E-state index contributed by atoms with van der Waals surface area (Å²) in [6.45, 7) is 2.06. The van der Waals surface area contributed by atoms with Gasteiger partial charge in [-0.05, 0) is 12.0 Å². The summed E-state index contributed by atoms with van der Waals surface area (Å²) in [5.41, 5.74) is 2.20. The average Bonchev–Trinajstić information content (AvgIpc) is 3.14. The molecule has 0 radical (unpaired) electrons. The van der Waals surface area contributed by atoms with Crippen molar-refractivity contribution < 1.29 is 9.21 Å². The lowest BCUT2D eigenvalue weighted by atomic mass is 10.0. The molecule has 1 aliphatic rings. The van der Waals surface area contributed by atoms with E-state index in [1.54, 1.807) is 6.20 Å². The van der Waals surface area contributed by atoms with Gasteiger partial charge in [-0.2, -0.15) is 0 Å². The first-order valence-corrected chi connectivity index (χ1v) is 8.85. The van der Waals surface area contributed by atoms with Crippen LogP contribution in [0.25, 0.3) is 11.3 Å². The van der Waals surface area contributed by atoms with E-state index in [4.69, 9.17) is 4.42 Å². The Labute approximate surface area is 152 Å². The summed E-state index contributed by atoms with van der Waals surface area (Å²) in [6.07, 6.45) is 2.58. The van der Waals surface area contributed by atoms with Crippen LogP contribution in [0.1, 0.15) is 17.9 Å². The molecule has 1 fully saturated rings. The molecule has 1 saturated heterocycles. The highest BCUT2D eigenvalue weighted by Crippen LogP contribution is 2.22. The fraction of sp³-hybridized carbons (Fsp3) is 0.238. The summed E-state index contributed by atoms with van der Waals surface area (Å²) in [5.74, 6) is 1.27. The second kappa shape index (κ2) is 7.54. The molecule has 26 heavy (non-hydrogen) atoms. The maximum Gasteiger partial charge on any atom is 0.237 e. The fourth-order valence-electron chi connectivity index (χ4n) is 3.15. The van der Waals surface area contributed by atoms with Crippen molar-refractivity contribution in [1.82, 2.24) is 15.2 Å². The van der Waals surface area contributed by atoms with Crippen molar-refractivity contribution in [1.29, 1.82) is 0 Å². The van der Waals surface area contributed by atoms with Crippen LogP contribution in [0.4, 0.5) is 0 Å². The monoisotopic (exact) mass is 347 g/mol. The predicted octanol–water partition coefficient (Wildman–Crippen LogP) is 3.23. The van der Waals surface area contributed by atoms with E-state index in [2.05, 4.69) is 27.3 Å². The Morgan fingerprint density at radius 1 is 1.12 bits per heavy atom. The highest BCUT2D eigenvalue weighted by molar-refractivity contribution is 5.82. The van der Waals surface area contributed by atoms with Crippen molar-refractivity contribution in [2.45, 2.75) is 25.6 Å². The van der Waals surface area contributed by atoms with Gasteiger partial charge in [-0.3, -0.25) is 9.69 Å². The number of rotatable bonds is 6. The molecule has 2 aromatic carbocycles. The number of hydrogen-bond donors (Lipinski definition) is 1. The largest absolute Gasteiger partial charge is 0.439 e. The lowest BCUT2D eigenvalue weighted by Crippen LogP contribution is -2.55. The molecule has 1 aromatic heterocycles. The zero-order chi connectivity index (χ0) is 17.8. The van der Waals surface area contributed by atoms with Gasteiger partial charge in [0.25, 0.3) is 0 Å². The molecule has 0 unspecified atom stereocenters. The standard InChI is InChI=1S/C21H21N3O2/c25-21(18-11-12-24(18)15-16-7-3-1-4-8-16)23-14-20-22-13-19(26-20)17-9-5-2-6-10-17/h1-10,13,18H,11-12,14-15H2,(H,23,25)/t18-/m1/s1. The Morgan fingerprint density at radius 2 is 1.85 bits per heavy atom. The van der Waals surface area contributed by atoms with Gasteiger partial charge < -0.3 is 9.73 Å². The fourth-order valence-corrected chi connectivity index (χ4v) is 3.15. The van der Waals surface area contributed by atoms with Gasteiger partial charge in [-0.25, -0.2) is 4.98 Å². The molecule has 1 amide bonds. The van der Waals surface area contributed by atoms with E-state index < -0.39 is 0 Å². The Hall–Kier alpha value is -2.92. The Bertz CT molecular complexity index is 861. The Kier molecular flexibility index (Phi) is 4.80. The first-order chi connectivity index (χ1) is 12.8. The predicted molar refractivity (Wildman–Crippen MR) is 99.0 cm³/mol. The molecule has 1 N–H and O–H groups in total. The molecule has 0 spiro atoms. The van der Waals surface area contributed by atoms with Gasteiger partial charge in [0.2, 0.25) is 11.8 Å². The molecular formula is C21H21N3O2. The highest BCUT2D eigenvalue weighted by atomic mass is 16.4. The van der Waals surface area contributed by atoms with Crippen molar-refractivity contribution in [3.63, 3.8) is 0 Å². The lowest BCUT2D eigenvalue weighted by molar-refractivity contribution is -0.131. The SMILES string of the molecule is O=C(NCc1ncc(-c2ccccc2)o1)[C@H]1CCN1Cc1ccccc1. The summed E-state index contributed by atoms with van der Waals surface area (Å²) >= 11 is 0. The van der Waals surface area contributed by atoms with Crippen LogP contribution in [0.2, 0.25) is 0 Å². The van der Waals surface area contributed by atoms with Gasteiger partial charge in [-0.15, -0.1) is 0 Å². The quantitative estimate of drug-likeness (QED) is 0.744. The molecule has 3 aromatic rings. The van der Waals surface area contributed by atoms with Crippen LogP contribution in [0.15, 0.2) is 71.3 Å². The van der Waals surface area contributed by atoms with Gasteiger partial charge in [0.1, 0.15) is 0 Å². The van der Waals surface area contributed by atoms with Crippen molar-refractivity contribution in [3.05, 3.63) is 78.3 Å². The van der Waals surface area contributed by atoms with Crippen molar-refractivity contribution in [2.24, 2.45) is 0 Å². The second-order valence-corrected chi connectivity index (χ2v) is 6.46. The number of hydrogen-bond acceptors (Lipinski definition) is 4. The Balaban J connectivity index is 1.31. The lowest BCUT2D eigenvalue weighted by Gasteiger charge is -2.39. The minimum atomic E-state index is -0.0706. The third-order valence-corrected chi connectivity index (χ3v) is 4.69. The molecule has 0 bridgehead atoms. The number of oxazole rings is 1. The first kappa shape index (κ1) is 16.5. The van der Waals surface area contributed by atoms with Gasteiger partial charge in [-0.1, -0.05) is 60.7 Å². The van der Waals surface area contributed by atoms with Crippen LogP contribution in [0.3, 0.4) is 0 Å². The molecular weight excluding hydrogens is 326 g/mol.